The number of ether oxygens (including phenoxy) is 1. The molecule has 24 heavy (non-hydrogen) atoms. The van der Waals surface area contributed by atoms with Crippen molar-refractivity contribution in [2.24, 2.45) is 0 Å². The molecule has 2 aromatic rings. The third-order valence-corrected chi connectivity index (χ3v) is 4.06. The molecule has 0 aromatic carbocycles. The van der Waals surface area contributed by atoms with Crippen molar-refractivity contribution in [3.05, 3.63) is 24.2 Å². The van der Waals surface area contributed by atoms with Crippen LogP contribution in [0.25, 0.3) is 0 Å². The predicted octanol–water partition coefficient (Wildman–Crippen LogP) is 0.210. The second kappa shape index (κ2) is 8.11. The number of rotatable bonds is 7. The Balaban J connectivity index is 1.55. The van der Waals surface area contributed by atoms with Crippen LogP contribution in [0.3, 0.4) is 0 Å². The molecule has 130 valence electrons. The van der Waals surface area contributed by atoms with Crippen LogP contribution in [-0.2, 0) is 17.8 Å². The molecular weight excluding hydrogens is 308 g/mol. The van der Waals surface area contributed by atoms with Crippen LogP contribution in [0.1, 0.15) is 19.2 Å². The number of hydrogen-bond acceptors (Lipinski definition) is 8. The van der Waals surface area contributed by atoms with Gasteiger partial charge in [0.2, 0.25) is 0 Å². The fourth-order valence-electron chi connectivity index (χ4n) is 2.85. The van der Waals surface area contributed by atoms with Crippen molar-refractivity contribution in [2.45, 2.75) is 32.5 Å². The molecule has 2 aromatic heterocycles. The van der Waals surface area contributed by atoms with Crippen LogP contribution in [0.15, 0.2) is 18.3 Å². The quantitative estimate of drug-likeness (QED) is 0.711. The zero-order valence-electron chi connectivity index (χ0n) is 14.2. The van der Waals surface area contributed by atoms with E-state index in [4.69, 9.17) is 4.74 Å². The molecule has 0 bridgehead atoms. The lowest BCUT2D eigenvalue weighted by Gasteiger charge is -2.34. The summed E-state index contributed by atoms with van der Waals surface area (Å²) in [6, 6.07) is 3.84. The van der Waals surface area contributed by atoms with Gasteiger partial charge in [-0.1, -0.05) is 6.92 Å². The number of hydrogen-bond donors (Lipinski definition) is 0. The fourth-order valence-corrected chi connectivity index (χ4v) is 2.85. The first-order valence-corrected chi connectivity index (χ1v) is 8.34. The summed E-state index contributed by atoms with van der Waals surface area (Å²) in [5.74, 6) is 1.77. The molecule has 0 aliphatic carbocycles. The number of aromatic nitrogens is 6. The van der Waals surface area contributed by atoms with E-state index >= 15 is 0 Å². The van der Waals surface area contributed by atoms with E-state index in [2.05, 4.69) is 42.4 Å². The first-order chi connectivity index (χ1) is 11.8. The molecule has 0 amide bonds. The van der Waals surface area contributed by atoms with E-state index in [1.165, 1.54) is 0 Å². The van der Waals surface area contributed by atoms with Gasteiger partial charge in [-0.2, -0.15) is 5.10 Å². The molecule has 0 N–H and O–H groups in total. The topological polar surface area (TPSA) is 85.1 Å². The monoisotopic (exact) mass is 332 g/mol. The van der Waals surface area contributed by atoms with Crippen molar-refractivity contribution < 1.29 is 4.74 Å². The maximum atomic E-state index is 5.91. The number of morpholine rings is 1. The van der Waals surface area contributed by atoms with Crippen molar-refractivity contribution in [3.8, 4) is 0 Å². The molecule has 1 aliphatic rings. The van der Waals surface area contributed by atoms with Crippen LogP contribution in [0.5, 0.6) is 0 Å². The van der Waals surface area contributed by atoms with Crippen molar-refractivity contribution in [1.29, 1.82) is 0 Å². The molecule has 0 saturated carbocycles. The number of aryl methyl sites for hydroxylation is 1. The Bertz CT molecular complexity index is 619. The van der Waals surface area contributed by atoms with Gasteiger partial charge in [0.05, 0.1) is 19.3 Å². The summed E-state index contributed by atoms with van der Waals surface area (Å²) in [6.45, 7) is 6.96. The van der Waals surface area contributed by atoms with Crippen molar-refractivity contribution in [2.75, 3.05) is 38.2 Å². The van der Waals surface area contributed by atoms with Crippen LogP contribution >= 0.6 is 0 Å². The highest BCUT2D eigenvalue weighted by atomic mass is 16.5. The van der Waals surface area contributed by atoms with Crippen LogP contribution in [0.4, 0.5) is 5.82 Å². The molecule has 1 aliphatic heterocycles. The summed E-state index contributed by atoms with van der Waals surface area (Å²) in [6.07, 6.45) is 2.82. The first kappa shape index (κ1) is 16.7. The molecule has 1 atom stereocenters. The predicted molar refractivity (Wildman–Crippen MR) is 88.4 cm³/mol. The Kier molecular flexibility index (Phi) is 5.65. The minimum Gasteiger partial charge on any atom is -0.374 e. The highest BCUT2D eigenvalue weighted by molar-refractivity contribution is 5.35. The average Bonchev–Trinajstić information content (AvgIpc) is 3.03. The lowest BCUT2D eigenvalue weighted by Crippen LogP contribution is -2.47. The normalized spacial score (nSPS) is 18.7. The van der Waals surface area contributed by atoms with Gasteiger partial charge < -0.3 is 9.64 Å². The van der Waals surface area contributed by atoms with Gasteiger partial charge >= 0.3 is 0 Å². The van der Waals surface area contributed by atoms with E-state index in [0.29, 0.717) is 6.61 Å². The van der Waals surface area contributed by atoms with E-state index < -0.39 is 0 Å². The van der Waals surface area contributed by atoms with Gasteiger partial charge in [0.25, 0.3) is 0 Å². The summed E-state index contributed by atoms with van der Waals surface area (Å²) in [7, 11) is 2.01. The first-order valence-electron chi connectivity index (χ1n) is 8.34. The van der Waals surface area contributed by atoms with E-state index in [-0.39, 0.29) is 6.10 Å². The van der Waals surface area contributed by atoms with Crippen LogP contribution in [0.2, 0.25) is 0 Å². The van der Waals surface area contributed by atoms with Gasteiger partial charge in [0, 0.05) is 39.4 Å². The lowest BCUT2D eigenvalue weighted by molar-refractivity contribution is -0.0276. The lowest BCUT2D eigenvalue weighted by atomic mass is 10.2. The molecule has 0 spiro atoms. The minimum atomic E-state index is 0.126. The Labute approximate surface area is 141 Å². The molecule has 9 nitrogen and oxygen atoms in total. The van der Waals surface area contributed by atoms with Gasteiger partial charge in [-0.15, -0.1) is 10.2 Å². The molecule has 3 heterocycles. The Morgan fingerprint density at radius 2 is 2.29 bits per heavy atom. The highest BCUT2D eigenvalue weighted by Crippen LogP contribution is 2.13. The zero-order chi connectivity index (χ0) is 16.8. The third kappa shape index (κ3) is 4.24. The highest BCUT2D eigenvalue weighted by Gasteiger charge is 2.23. The van der Waals surface area contributed by atoms with Gasteiger partial charge in [-0.05, 0) is 29.0 Å². The summed E-state index contributed by atoms with van der Waals surface area (Å²) in [5.41, 5.74) is 0. The number of likely N-dealkylation sites (N-methyl/N-ethyl adjacent to an activating group) is 1. The molecule has 0 radical (unpaired) electrons. The number of anilines is 1. The van der Waals surface area contributed by atoms with Gasteiger partial charge in [-0.25, -0.2) is 4.68 Å². The Morgan fingerprint density at radius 1 is 1.38 bits per heavy atom. The van der Waals surface area contributed by atoms with Crippen molar-refractivity contribution >= 4 is 5.82 Å². The summed E-state index contributed by atoms with van der Waals surface area (Å²) < 4.78 is 7.79. The van der Waals surface area contributed by atoms with Crippen LogP contribution in [-0.4, -0.2) is 74.7 Å². The second-order valence-corrected chi connectivity index (χ2v) is 6.01. The second-order valence-electron chi connectivity index (χ2n) is 6.01. The van der Waals surface area contributed by atoms with E-state index in [1.807, 2.05) is 23.9 Å². The smallest absolute Gasteiger partial charge is 0.165 e. The standard InChI is InChI=1S/C15H24N8O/c1-3-7-23-15(18-19-20-23)12-22-8-9-24-13(11-22)10-21(2)14-5-4-6-16-17-14/h4-6,13H,3,7-12H2,1-2H3. The largest absolute Gasteiger partial charge is 0.374 e. The maximum absolute atomic E-state index is 5.91. The molecule has 1 unspecified atom stereocenters. The van der Waals surface area contributed by atoms with E-state index in [1.54, 1.807) is 6.20 Å². The fraction of sp³-hybridized carbons (Fsp3) is 0.667. The summed E-state index contributed by atoms with van der Waals surface area (Å²) in [5, 5.41) is 20.1. The number of nitrogens with zero attached hydrogens (tertiary/aromatic N) is 8. The van der Waals surface area contributed by atoms with Crippen molar-refractivity contribution in [3.63, 3.8) is 0 Å². The van der Waals surface area contributed by atoms with E-state index in [0.717, 1.165) is 50.8 Å². The van der Waals surface area contributed by atoms with Crippen molar-refractivity contribution in [1.82, 2.24) is 35.3 Å². The van der Waals surface area contributed by atoms with Gasteiger partial charge in [0.15, 0.2) is 11.6 Å². The third-order valence-electron chi connectivity index (χ3n) is 4.06. The SMILES string of the molecule is CCCn1nnnc1CN1CCOC(CN(C)c2cccnn2)C1. The van der Waals surface area contributed by atoms with Gasteiger partial charge in [0.1, 0.15) is 0 Å². The summed E-state index contributed by atoms with van der Waals surface area (Å²) in [4.78, 5) is 4.42. The molecule has 3 rings (SSSR count). The maximum Gasteiger partial charge on any atom is 0.165 e. The minimum absolute atomic E-state index is 0.126. The van der Waals surface area contributed by atoms with Gasteiger partial charge in [-0.3, -0.25) is 4.90 Å². The molecule has 9 heteroatoms. The Hall–Kier alpha value is -2.13. The van der Waals surface area contributed by atoms with Crippen LogP contribution < -0.4 is 4.90 Å². The molecule has 1 saturated heterocycles. The number of tetrazole rings is 1. The average molecular weight is 332 g/mol. The molecule has 1 fully saturated rings. The van der Waals surface area contributed by atoms with E-state index in [9.17, 15) is 0 Å². The Morgan fingerprint density at radius 3 is 3.08 bits per heavy atom. The van der Waals surface area contributed by atoms with Crippen LogP contribution in [0, 0.1) is 0 Å². The molecular formula is C15H24N8O. The summed E-state index contributed by atoms with van der Waals surface area (Å²) >= 11 is 0. The zero-order valence-corrected chi connectivity index (χ0v) is 14.2.